The van der Waals surface area contributed by atoms with Crippen molar-refractivity contribution in [3.63, 3.8) is 0 Å². The predicted molar refractivity (Wildman–Crippen MR) is 130 cm³/mol. The number of aromatic nitrogens is 1. The highest BCUT2D eigenvalue weighted by Gasteiger charge is 2.28. The lowest BCUT2D eigenvalue weighted by atomic mass is 10.0. The van der Waals surface area contributed by atoms with Crippen LogP contribution in [0.15, 0.2) is 6.07 Å². The second-order valence-electron chi connectivity index (χ2n) is 9.56. The number of methoxy groups -OCH3 is 1. The molecule has 0 saturated carbocycles. The summed E-state index contributed by atoms with van der Waals surface area (Å²) in [6.07, 6.45) is 3.92. The maximum atomic E-state index is 13.5. The molecule has 10 heteroatoms. The number of aryl methyl sites for hydroxylation is 2. The first-order valence-corrected chi connectivity index (χ1v) is 12.4. The average Bonchev–Trinajstić information content (AvgIpc) is 3.28. The van der Waals surface area contributed by atoms with Gasteiger partial charge in [0.05, 0.1) is 7.11 Å². The van der Waals surface area contributed by atoms with Gasteiger partial charge in [-0.3, -0.25) is 19.2 Å². The molecule has 4 amide bonds. The Kier molecular flexibility index (Phi) is 9.06. The van der Waals surface area contributed by atoms with E-state index < -0.39 is 18.0 Å². The van der Waals surface area contributed by atoms with Gasteiger partial charge < -0.3 is 25.6 Å². The van der Waals surface area contributed by atoms with Crippen molar-refractivity contribution in [2.24, 2.45) is 5.92 Å². The lowest BCUT2D eigenvalue weighted by Crippen LogP contribution is -2.54. The van der Waals surface area contributed by atoms with Gasteiger partial charge in [0.2, 0.25) is 23.6 Å². The third-order valence-electron chi connectivity index (χ3n) is 6.48. The van der Waals surface area contributed by atoms with Crippen LogP contribution in [0.2, 0.25) is 0 Å². The number of carbonyl (C=O) groups excluding carboxylic acids is 4. The molecule has 1 saturated heterocycles. The van der Waals surface area contributed by atoms with Crippen molar-refractivity contribution in [1.82, 2.24) is 25.8 Å². The zero-order valence-electron chi connectivity index (χ0n) is 21.1. The number of hydrogen-bond acceptors (Lipinski definition) is 6. The van der Waals surface area contributed by atoms with E-state index in [1.54, 1.807) is 11.8 Å². The SMILES string of the molecule is COc1nc2c(cc1C(=O)N1CCCNC(=O)[C@@H](C(C)C)NC(=O)[C@@H](C)NC(=O)CCC1)CCC2. The molecule has 0 bridgehead atoms. The van der Waals surface area contributed by atoms with E-state index in [4.69, 9.17) is 4.74 Å². The van der Waals surface area contributed by atoms with Crippen LogP contribution in [0, 0.1) is 5.92 Å². The fourth-order valence-corrected chi connectivity index (χ4v) is 4.46. The lowest BCUT2D eigenvalue weighted by molar-refractivity contribution is -0.132. The fraction of sp³-hybridized carbons (Fsp3) is 0.640. The molecular weight excluding hydrogens is 450 g/mol. The van der Waals surface area contributed by atoms with E-state index >= 15 is 0 Å². The molecular formula is C25H37N5O5. The molecule has 2 heterocycles. The quantitative estimate of drug-likeness (QED) is 0.583. The van der Waals surface area contributed by atoms with Crippen LogP contribution in [0.4, 0.5) is 0 Å². The standard InChI is InChI=1S/C25H37N5O5/c1-15(2)21-23(33)26-11-7-13-30(12-6-10-20(31)27-16(3)22(32)29-21)25(34)18-14-17-8-5-9-19(17)28-24(18)35-4/h14-16,21H,5-13H2,1-4H3,(H,26,33)(H,27,31)(H,29,32)/t16-,21-/m1/s1. The Morgan fingerprint density at radius 1 is 1.06 bits per heavy atom. The summed E-state index contributed by atoms with van der Waals surface area (Å²) in [5.74, 6) is -0.993. The second kappa shape index (κ2) is 12.0. The van der Waals surface area contributed by atoms with Gasteiger partial charge in [-0.1, -0.05) is 13.8 Å². The molecule has 10 nitrogen and oxygen atoms in total. The van der Waals surface area contributed by atoms with Crippen molar-refractivity contribution in [1.29, 1.82) is 0 Å². The van der Waals surface area contributed by atoms with Crippen LogP contribution in [0.5, 0.6) is 5.88 Å². The van der Waals surface area contributed by atoms with E-state index in [1.807, 2.05) is 19.9 Å². The van der Waals surface area contributed by atoms with Crippen molar-refractivity contribution in [3.05, 3.63) is 22.9 Å². The molecule has 35 heavy (non-hydrogen) atoms. The van der Waals surface area contributed by atoms with Gasteiger partial charge in [0.1, 0.15) is 17.6 Å². The second-order valence-corrected chi connectivity index (χ2v) is 9.56. The number of pyridine rings is 1. The Bertz CT molecular complexity index is 964. The Morgan fingerprint density at radius 2 is 1.80 bits per heavy atom. The first-order valence-electron chi connectivity index (χ1n) is 12.4. The number of rotatable bonds is 3. The number of fused-ring (bicyclic) bond motifs is 1. The summed E-state index contributed by atoms with van der Waals surface area (Å²) in [6, 6.07) is 0.389. The van der Waals surface area contributed by atoms with Crippen LogP contribution in [0.1, 0.15) is 68.1 Å². The summed E-state index contributed by atoms with van der Waals surface area (Å²) < 4.78 is 5.43. The Labute approximate surface area is 206 Å². The molecule has 192 valence electrons. The first-order chi connectivity index (χ1) is 16.7. The van der Waals surface area contributed by atoms with Crippen LogP contribution in [0.25, 0.3) is 0 Å². The fourth-order valence-electron chi connectivity index (χ4n) is 4.46. The van der Waals surface area contributed by atoms with E-state index in [-0.39, 0.29) is 30.1 Å². The molecule has 0 unspecified atom stereocenters. The Morgan fingerprint density at radius 3 is 2.51 bits per heavy atom. The normalized spacial score (nSPS) is 22.4. The van der Waals surface area contributed by atoms with Gasteiger partial charge in [-0.15, -0.1) is 0 Å². The molecule has 0 radical (unpaired) electrons. The molecule has 2 aliphatic rings. The first kappa shape index (κ1) is 26.4. The summed E-state index contributed by atoms with van der Waals surface area (Å²) >= 11 is 0. The highest BCUT2D eigenvalue weighted by atomic mass is 16.5. The third-order valence-corrected chi connectivity index (χ3v) is 6.48. The highest BCUT2D eigenvalue weighted by molar-refractivity contribution is 5.97. The van der Waals surface area contributed by atoms with Crippen molar-refractivity contribution in [2.75, 3.05) is 26.7 Å². The lowest BCUT2D eigenvalue weighted by Gasteiger charge is -2.24. The van der Waals surface area contributed by atoms with Gasteiger partial charge in [0, 0.05) is 31.7 Å². The minimum atomic E-state index is -0.777. The minimum absolute atomic E-state index is 0.129. The summed E-state index contributed by atoms with van der Waals surface area (Å²) in [5.41, 5.74) is 2.47. The number of hydrogen-bond donors (Lipinski definition) is 3. The van der Waals surface area contributed by atoms with Crippen LogP contribution in [0.3, 0.4) is 0 Å². The predicted octanol–water partition coefficient (Wildman–Crippen LogP) is 0.967. The van der Waals surface area contributed by atoms with Crippen LogP contribution in [-0.2, 0) is 27.2 Å². The molecule has 1 aromatic heterocycles. The van der Waals surface area contributed by atoms with Gasteiger partial charge in [0.25, 0.3) is 5.91 Å². The van der Waals surface area contributed by atoms with Crippen LogP contribution in [-0.4, -0.2) is 72.3 Å². The molecule has 0 spiro atoms. The number of ether oxygens (including phenoxy) is 1. The summed E-state index contributed by atoms with van der Waals surface area (Å²) in [4.78, 5) is 57.4. The van der Waals surface area contributed by atoms with E-state index in [0.717, 1.165) is 30.5 Å². The summed E-state index contributed by atoms with van der Waals surface area (Å²) in [7, 11) is 1.51. The monoisotopic (exact) mass is 487 g/mol. The smallest absolute Gasteiger partial charge is 0.259 e. The van der Waals surface area contributed by atoms with E-state index in [0.29, 0.717) is 43.9 Å². The Balaban J connectivity index is 1.78. The number of nitrogens with zero attached hydrogens (tertiary/aromatic N) is 2. The van der Waals surface area contributed by atoms with E-state index in [1.165, 1.54) is 7.11 Å². The van der Waals surface area contributed by atoms with Crippen LogP contribution >= 0.6 is 0 Å². The molecule has 1 aliphatic carbocycles. The van der Waals surface area contributed by atoms with Gasteiger partial charge in [-0.2, -0.15) is 0 Å². The number of carbonyl (C=O) groups is 4. The maximum Gasteiger partial charge on any atom is 0.259 e. The zero-order chi connectivity index (χ0) is 25.5. The molecule has 2 atom stereocenters. The van der Waals surface area contributed by atoms with E-state index in [9.17, 15) is 19.2 Å². The average molecular weight is 488 g/mol. The van der Waals surface area contributed by atoms with Gasteiger partial charge >= 0.3 is 0 Å². The molecule has 3 N–H and O–H groups in total. The van der Waals surface area contributed by atoms with Crippen LogP contribution < -0.4 is 20.7 Å². The molecule has 1 aliphatic heterocycles. The zero-order valence-corrected chi connectivity index (χ0v) is 21.1. The Hall–Kier alpha value is -3.17. The van der Waals surface area contributed by atoms with Crippen molar-refractivity contribution in [3.8, 4) is 5.88 Å². The molecule has 0 aromatic carbocycles. The number of amides is 4. The van der Waals surface area contributed by atoms with E-state index in [2.05, 4.69) is 20.9 Å². The summed E-state index contributed by atoms with van der Waals surface area (Å²) in [5, 5.41) is 8.28. The van der Waals surface area contributed by atoms with Crippen molar-refractivity contribution in [2.45, 2.75) is 71.4 Å². The highest BCUT2D eigenvalue weighted by Crippen LogP contribution is 2.27. The molecule has 3 rings (SSSR count). The minimum Gasteiger partial charge on any atom is -0.480 e. The number of nitrogens with one attached hydrogen (secondary N) is 3. The molecule has 1 aromatic rings. The largest absolute Gasteiger partial charge is 0.480 e. The van der Waals surface area contributed by atoms with Gasteiger partial charge in [-0.25, -0.2) is 4.98 Å². The van der Waals surface area contributed by atoms with Gasteiger partial charge in [0.15, 0.2) is 0 Å². The maximum absolute atomic E-state index is 13.5. The van der Waals surface area contributed by atoms with Gasteiger partial charge in [-0.05, 0) is 56.6 Å². The molecule has 1 fully saturated rings. The van der Waals surface area contributed by atoms with Crippen molar-refractivity contribution >= 4 is 23.6 Å². The summed E-state index contributed by atoms with van der Waals surface area (Å²) in [6.45, 7) is 6.39. The third kappa shape index (κ3) is 6.70. The van der Waals surface area contributed by atoms with Crippen molar-refractivity contribution < 1.29 is 23.9 Å². The topological polar surface area (TPSA) is 130 Å².